The summed E-state index contributed by atoms with van der Waals surface area (Å²) in [5, 5.41) is 0. The van der Waals surface area contributed by atoms with Crippen LogP contribution in [0.5, 0.6) is 0 Å². The standard InChI is InChI=1S/C9H6F12N2O/c1-23(2)3-4(6(10,11)12,7(13,14)15)24-5(22-3,8(16,17)18)9(19,20)21/h1-2H3. The van der Waals surface area contributed by atoms with Gasteiger partial charge < -0.3 is 9.64 Å². The molecule has 0 aromatic rings. The van der Waals surface area contributed by atoms with Crippen LogP contribution in [0.4, 0.5) is 52.7 Å². The van der Waals surface area contributed by atoms with Crippen molar-refractivity contribution in [3.05, 3.63) is 0 Å². The zero-order chi connectivity index (χ0) is 19.6. The topological polar surface area (TPSA) is 24.8 Å². The summed E-state index contributed by atoms with van der Waals surface area (Å²) in [5.41, 5.74) is -11.9. The first-order valence-electron chi connectivity index (χ1n) is 5.49. The van der Waals surface area contributed by atoms with Crippen molar-refractivity contribution < 1.29 is 57.4 Å². The molecule has 0 fully saturated rings. The van der Waals surface area contributed by atoms with Gasteiger partial charge in [0.25, 0.3) is 0 Å². The number of alkyl halides is 12. The van der Waals surface area contributed by atoms with Crippen molar-refractivity contribution in [3.63, 3.8) is 0 Å². The molecular weight excluding hydrogens is 380 g/mol. The molecule has 0 saturated heterocycles. The third-order valence-electron chi connectivity index (χ3n) is 2.87. The lowest BCUT2D eigenvalue weighted by Gasteiger charge is -2.38. The van der Waals surface area contributed by atoms with Gasteiger partial charge >= 0.3 is 36.0 Å². The fraction of sp³-hybridized carbons (Fsp3) is 0.889. The van der Waals surface area contributed by atoms with Crippen molar-refractivity contribution in [2.75, 3.05) is 14.1 Å². The Morgan fingerprint density at radius 2 is 1.04 bits per heavy atom. The highest BCUT2D eigenvalue weighted by molar-refractivity contribution is 5.94. The van der Waals surface area contributed by atoms with Crippen molar-refractivity contribution in [2.24, 2.45) is 4.99 Å². The molecule has 0 spiro atoms. The Hall–Kier alpha value is -1.41. The maximum Gasteiger partial charge on any atom is 0.448 e. The first-order valence-corrected chi connectivity index (χ1v) is 5.49. The van der Waals surface area contributed by atoms with Gasteiger partial charge in [-0.2, -0.15) is 52.7 Å². The van der Waals surface area contributed by atoms with Crippen molar-refractivity contribution in [3.8, 4) is 0 Å². The molecule has 1 aliphatic heterocycles. The van der Waals surface area contributed by atoms with E-state index in [2.05, 4.69) is 4.74 Å². The predicted octanol–water partition coefficient (Wildman–Crippen LogP) is 3.66. The lowest BCUT2D eigenvalue weighted by molar-refractivity contribution is -0.438. The fourth-order valence-corrected chi connectivity index (χ4v) is 1.87. The maximum atomic E-state index is 13.0. The molecule has 0 amide bonds. The predicted molar refractivity (Wildman–Crippen MR) is 51.9 cm³/mol. The molecule has 0 N–H and O–H groups in total. The molecule has 0 bridgehead atoms. The average Bonchev–Trinajstić information content (AvgIpc) is 2.63. The molecule has 1 aliphatic rings. The van der Waals surface area contributed by atoms with Crippen LogP contribution in [-0.2, 0) is 4.74 Å². The number of nitrogens with zero attached hydrogens (tertiary/aromatic N) is 2. The zero-order valence-electron chi connectivity index (χ0n) is 11.3. The van der Waals surface area contributed by atoms with Crippen LogP contribution in [-0.4, -0.2) is 60.9 Å². The Labute approximate surface area is 124 Å². The summed E-state index contributed by atoms with van der Waals surface area (Å²) >= 11 is 0. The molecule has 0 unspecified atom stereocenters. The summed E-state index contributed by atoms with van der Waals surface area (Å²) in [4.78, 5) is 1.40. The second kappa shape index (κ2) is 5.05. The van der Waals surface area contributed by atoms with Gasteiger partial charge in [0.1, 0.15) is 0 Å². The van der Waals surface area contributed by atoms with E-state index >= 15 is 0 Å². The van der Waals surface area contributed by atoms with E-state index in [1.54, 1.807) is 4.99 Å². The average molecular weight is 386 g/mol. The minimum Gasteiger partial charge on any atom is -0.363 e. The van der Waals surface area contributed by atoms with Gasteiger partial charge in [-0.3, -0.25) is 0 Å². The van der Waals surface area contributed by atoms with E-state index in [0.29, 0.717) is 14.1 Å². The highest BCUT2D eigenvalue weighted by Crippen LogP contribution is 2.59. The third-order valence-corrected chi connectivity index (χ3v) is 2.87. The molecule has 3 nitrogen and oxygen atoms in total. The van der Waals surface area contributed by atoms with Gasteiger partial charge in [0, 0.05) is 14.1 Å². The molecule has 0 aliphatic carbocycles. The number of likely N-dealkylation sites (N-methyl/N-ethyl adjacent to an activating group) is 1. The maximum absolute atomic E-state index is 13.0. The van der Waals surface area contributed by atoms with Crippen molar-refractivity contribution in [2.45, 2.75) is 36.0 Å². The number of aliphatic imine (C=N–C) groups is 1. The van der Waals surface area contributed by atoms with Crippen LogP contribution in [0.15, 0.2) is 4.99 Å². The highest BCUT2D eigenvalue weighted by Gasteiger charge is 2.88. The van der Waals surface area contributed by atoms with Crippen LogP contribution in [0.1, 0.15) is 0 Å². The fourth-order valence-electron chi connectivity index (χ4n) is 1.87. The van der Waals surface area contributed by atoms with Gasteiger partial charge in [0.2, 0.25) is 0 Å². The van der Waals surface area contributed by atoms with Crippen LogP contribution >= 0.6 is 0 Å². The monoisotopic (exact) mass is 386 g/mol. The van der Waals surface area contributed by atoms with Gasteiger partial charge in [-0.15, -0.1) is 0 Å². The van der Waals surface area contributed by atoms with Crippen LogP contribution < -0.4 is 0 Å². The van der Waals surface area contributed by atoms with E-state index < -0.39 is 41.9 Å². The first kappa shape index (κ1) is 20.6. The Morgan fingerprint density at radius 3 is 1.21 bits per heavy atom. The molecule has 0 aromatic heterocycles. The Morgan fingerprint density at radius 1 is 0.708 bits per heavy atom. The van der Waals surface area contributed by atoms with E-state index in [9.17, 15) is 52.7 Å². The molecule has 0 atom stereocenters. The molecule has 0 aromatic carbocycles. The second-order valence-electron chi connectivity index (χ2n) is 4.75. The summed E-state index contributed by atoms with van der Waals surface area (Å²) in [5.74, 6) is -2.63. The number of ether oxygens (including phenoxy) is 1. The SMILES string of the molecule is CN(C)C1=NC(C(F)(F)F)(C(F)(F)F)OC1(C(F)(F)F)C(F)(F)F. The van der Waals surface area contributed by atoms with E-state index in [-0.39, 0.29) is 4.90 Å². The molecule has 0 saturated carbocycles. The van der Waals surface area contributed by atoms with Crippen LogP contribution in [0.2, 0.25) is 0 Å². The Balaban J connectivity index is 3.91. The van der Waals surface area contributed by atoms with Crippen LogP contribution in [0.25, 0.3) is 0 Å². The summed E-state index contributed by atoms with van der Waals surface area (Å²) in [6.45, 7) is 0. The number of amidine groups is 1. The highest BCUT2D eigenvalue weighted by atomic mass is 19.4. The first-order chi connectivity index (χ1) is 10.2. The molecule has 24 heavy (non-hydrogen) atoms. The lowest BCUT2D eigenvalue weighted by Crippen LogP contribution is -2.68. The molecule has 142 valence electrons. The Kier molecular flexibility index (Phi) is 4.34. The lowest BCUT2D eigenvalue weighted by atomic mass is 10.0. The summed E-state index contributed by atoms with van der Waals surface area (Å²) in [6, 6.07) is 0. The van der Waals surface area contributed by atoms with Crippen LogP contribution in [0.3, 0.4) is 0 Å². The van der Waals surface area contributed by atoms with Gasteiger partial charge in [-0.25, -0.2) is 4.99 Å². The molecule has 0 radical (unpaired) electrons. The van der Waals surface area contributed by atoms with Crippen molar-refractivity contribution in [1.82, 2.24) is 4.90 Å². The number of hydrogen-bond donors (Lipinski definition) is 0. The summed E-state index contributed by atoms with van der Waals surface area (Å²) in [7, 11) is 0.717. The summed E-state index contributed by atoms with van der Waals surface area (Å²) < 4.78 is 157. The number of hydrogen-bond acceptors (Lipinski definition) is 3. The van der Waals surface area contributed by atoms with Gasteiger partial charge in [-0.1, -0.05) is 0 Å². The molecule has 1 heterocycles. The molecule has 15 heteroatoms. The third kappa shape index (κ3) is 2.56. The minimum absolute atomic E-state index is 0.278. The zero-order valence-corrected chi connectivity index (χ0v) is 11.3. The van der Waals surface area contributed by atoms with Gasteiger partial charge in [-0.05, 0) is 0 Å². The van der Waals surface area contributed by atoms with E-state index in [1.165, 1.54) is 0 Å². The second-order valence-corrected chi connectivity index (χ2v) is 4.75. The Bertz CT molecular complexity index is 495. The van der Waals surface area contributed by atoms with Crippen LogP contribution in [0, 0.1) is 0 Å². The van der Waals surface area contributed by atoms with Crippen molar-refractivity contribution >= 4 is 5.84 Å². The van der Waals surface area contributed by atoms with E-state index in [0.717, 1.165) is 0 Å². The largest absolute Gasteiger partial charge is 0.448 e. The minimum atomic E-state index is -6.75. The normalized spacial score (nSPS) is 21.7. The van der Waals surface area contributed by atoms with Crippen molar-refractivity contribution in [1.29, 1.82) is 0 Å². The number of halogens is 12. The van der Waals surface area contributed by atoms with E-state index in [4.69, 9.17) is 0 Å². The quantitative estimate of drug-likeness (QED) is 0.594. The molecule has 1 rings (SSSR count). The smallest absolute Gasteiger partial charge is 0.363 e. The van der Waals surface area contributed by atoms with E-state index in [1.807, 2.05) is 0 Å². The van der Waals surface area contributed by atoms with Gasteiger partial charge in [0.05, 0.1) is 0 Å². The molecular formula is C9H6F12N2O. The number of rotatable bonds is 0. The summed E-state index contributed by atoms with van der Waals surface area (Å²) in [6.07, 6.45) is -26.9. The van der Waals surface area contributed by atoms with Gasteiger partial charge in [0.15, 0.2) is 5.84 Å².